The predicted molar refractivity (Wildman–Crippen MR) is 123 cm³/mol. The van der Waals surface area contributed by atoms with Crippen LogP contribution in [0.5, 0.6) is 11.5 Å². The van der Waals surface area contributed by atoms with E-state index in [1.807, 2.05) is 50.2 Å². The molecule has 0 saturated carbocycles. The number of nitrogens with zero attached hydrogens (tertiary/aromatic N) is 1. The molecule has 1 atom stereocenters. The van der Waals surface area contributed by atoms with Gasteiger partial charge in [-0.1, -0.05) is 12.1 Å². The Labute approximate surface area is 182 Å². The first-order valence-corrected chi connectivity index (χ1v) is 9.83. The maximum Gasteiger partial charge on any atom is 0.255 e. The summed E-state index contributed by atoms with van der Waals surface area (Å²) in [5.41, 5.74) is 3.82. The van der Waals surface area contributed by atoms with Crippen molar-refractivity contribution in [2.45, 2.75) is 13.0 Å². The summed E-state index contributed by atoms with van der Waals surface area (Å²) in [5.74, 6) is 0.908. The van der Waals surface area contributed by atoms with Crippen molar-refractivity contribution >= 4 is 34.6 Å². The van der Waals surface area contributed by atoms with Crippen molar-refractivity contribution in [1.82, 2.24) is 10.6 Å². The van der Waals surface area contributed by atoms with Gasteiger partial charge in [-0.3, -0.25) is 4.79 Å². The molecule has 1 aliphatic heterocycles. The number of hydrogen-bond donors (Lipinski definition) is 3. The number of hydrogen-bond acceptors (Lipinski definition) is 5. The van der Waals surface area contributed by atoms with Gasteiger partial charge in [-0.25, -0.2) is 0 Å². The molecule has 3 N–H and O–H groups in total. The Kier molecular flexibility index (Phi) is 6.47. The number of thiocarbonyl (C=S) groups is 1. The van der Waals surface area contributed by atoms with Crippen molar-refractivity contribution in [3.63, 3.8) is 0 Å². The van der Waals surface area contributed by atoms with Crippen LogP contribution >= 0.6 is 12.2 Å². The molecule has 0 spiro atoms. The highest BCUT2D eigenvalue weighted by atomic mass is 32.1. The fraction of sp³-hybridized carbons (Fsp3) is 0.273. The lowest BCUT2D eigenvalue weighted by molar-refractivity contribution is -0.113. The van der Waals surface area contributed by atoms with E-state index in [9.17, 15) is 4.79 Å². The minimum absolute atomic E-state index is 0.250. The van der Waals surface area contributed by atoms with Gasteiger partial charge in [0.15, 0.2) is 5.11 Å². The number of rotatable bonds is 6. The van der Waals surface area contributed by atoms with Crippen molar-refractivity contribution in [2.24, 2.45) is 0 Å². The summed E-state index contributed by atoms with van der Waals surface area (Å²) in [5, 5.41) is 9.69. The van der Waals surface area contributed by atoms with Crippen LogP contribution in [0.2, 0.25) is 0 Å². The van der Waals surface area contributed by atoms with Gasteiger partial charge in [0.1, 0.15) is 11.5 Å². The van der Waals surface area contributed by atoms with Crippen LogP contribution in [0.3, 0.4) is 0 Å². The number of anilines is 2. The summed E-state index contributed by atoms with van der Waals surface area (Å²) in [6.45, 7) is 1.84. The van der Waals surface area contributed by atoms with Crippen molar-refractivity contribution < 1.29 is 14.3 Å². The van der Waals surface area contributed by atoms with Crippen molar-refractivity contribution in [2.75, 3.05) is 38.5 Å². The van der Waals surface area contributed by atoms with Crippen molar-refractivity contribution in [1.29, 1.82) is 0 Å². The molecule has 1 aliphatic rings. The fourth-order valence-electron chi connectivity index (χ4n) is 3.30. The molecule has 0 saturated heterocycles. The van der Waals surface area contributed by atoms with Crippen LogP contribution in [0.1, 0.15) is 18.5 Å². The van der Waals surface area contributed by atoms with Crippen LogP contribution in [0.4, 0.5) is 11.4 Å². The molecule has 0 unspecified atom stereocenters. The minimum Gasteiger partial charge on any atom is -0.497 e. The third-order valence-electron chi connectivity index (χ3n) is 4.91. The Morgan fingerprint density at radius 2 is 1.80 bits per heavy atom. The zero-order valence-electron chi connectivity index (χ0n) is 17.7. The molecule has 3 rings (SSSR count). The summed E-state index contributed by atoms with van der Waals surface area (Å²) in [4.78, 5) is 15.3. The van der Waals surface area contributed by atoms with Gasteiger partial charge >= 0.3 is 0 Å². The average molecular weight is 427 g/mol. The SMILES string of the molecule is COc1ccc(NC(=O)C2=C(C)NC(=S)N[C@H]2c2ccc(N(C)C)cc2)c(OC)c1. The van der Waals surface area contributed by atoms with E-state index >= 15 is 0 Å². The van der Waals surface area contributed by atoms with Crippen molar-refractivity contribution in [3.05, 3.63) is 59.3 Å². The second-order valence-corrected chi connectivity index (χ2v) is 7.48. The van der Waals surface area contributed by atoms with E-state index in [1.54, 1.807) is 32.4 Å². The lowest BCUT2D eigenvalue weighted by Gasteiger charge is -2.30. The molecule has 1 heterocycles. The second kappa shape index (κ2) is 9.04. The number of ether oxygens (including phenoxy) is 2. The van der Waals surface area contributed by atoms with E-state index in [0.717, 1.165) is 11.3 Å². The number of benzene rings is 2. The number of carbonyl (C=O) groups excluding carboxylic acids is 1. The van der Waals surface area contributed by atoms with E-state index in [4.69, 9.17) is 21.7 Å². The molecular weight excluding hydrogens is 400 g/mol. The zero-order chi connectivity index (χ0) is 21.8. The Balaban J connectivity index is 1.93. The van der Waals surface area contributed by atoms with Gasteiger partial charge in [0.25, 0.3) is 5.91 Å². The highest BCUT2D eigenvalue weighted by Crippen LogP contribution is 2.32. The first kappa shape index (κ1) is 21.4. The molecule has 0 bridgehead atoms. The Morgan fingerprint density at radius 1 is 1.10 bits per heavy atom. The van der Waals surface area contributed by atoms with Crippen molar-refractivity contribution in [3.8, 4) is 11.5 Å². The molecule has 8 heteroatoms. The molecule has 30 heavy (non-hydrogen) atoms. The van der Waals surface area contributed by atoms with Gasteiger partial charge in [0.05, 0.1) is 31.5 Å². The van der Waals surface area contributed by atoms with Gasteiger partial charge in [-0.15, -0.1) is 0 Å². The monoisotopic (exact) mass is 426 g/mol. The van der Waals surface area contributed by atoms with Crippen LogP contribution in [0.15, 0.2) is 53.7 Å². The molecule has 0 aromatic heterocycles. The van der Waals surface area contributed by atoms with Crippen LogP contribution in [0.25, 0.3) is 0 Å². The normalized spacial score (nSPS) is 15.8. The molecular formula is C22H26N4O3S. The van der Waals surface area contributed by atoms with Gasteiger partial charge < -0.3 is 30.3 Å². The Morgan fingerprint density at radius 3 is 2.40 bits per heavy atom. The summed E-state index contributed by atoms with van der Waals surface area (Å²) in [6, 6.07) is 12.9. The first-order chi connectivity index (χ1) is 14.3. The number of methoxy groups -OCH3 is 2. The smallest absolute Gasteiger partial charge is 0.255 e. The van der Waals surface area contributed by atoms with E-state index in [0.29, 0.717) is 33.6 Å². The molecule has 0 aliphatic carbocycles. The number of allylic oxidation sites excluding steroid dienone is 1. The molecule has 1 amide bonds. The van der Waals surface area contributed by atoms with Gasteiger partial charge in [-0.2, -0.15) is 0 Å². The van der Waals surface area contributed by atoms with Gasteiger partial charge in [-0.05, 0) is 49.0 Å². The number of carbonyl (C=O) groups is 1. The topological polar surface area (TPSA) is 74.9 Å². The Bertz CT molecular complexity index is 986. The molecule has 0 radical (unpaired) electrons. The van der Waals surface area contributed by atoms with Crippen LogP contribution in [-0.2, 0) is 4.79 Å². The lowest BCUT2D eigenvalue weighted by Crippen LogP contribution is -2.45. The van der Waals surface area contributed by atoms with Crippen LogP contribution < -0.4 is 30.3 Å². The van der Waals surface area contributed by atoms with Crippen LogP contribution in [0, 0.1) is 0 Å². The number of nitrogens with one attached hydrogen (secondary N) is 3. The predicted octanol–water partition coefficient (Wildman–Crippen LogP) is 3.20. The zero-order valence-corrected chi connectivity index (χ0v) is 18.5. The van der Waals surface area contributed by atoms with E-state index in [2.05, 4.69) is 16.0 Å². The average Bonchev–Trinajstić information content (AvgIpc) is 2.73. The maximum absolute atomic E-state index is 13.3. The maximum atomic E-state index is 13.3. The van der Waals surface area contributed by atoms with Gasteiger partial charge in [0, 0.05) is 31.5 Å². The van der Waals surface area contributed by atoms with E-state index in [1.165, 1.54) is 0 Å². The fourth-order valence-corrected chi connectivity index (χ4v) is 3.57. The molecule has 2 aromatic rings. The highest BCUT2D eigenvalue weighted by molar-refractivity contribution is 7.80. The highest BCUT2D eigenvalue weighted by Gasteiger charge is 2.30. The quantitative estimate of drug-likeness (QED) is 0.613. The molecule has 158 valence electrons. The minimum atomic E-state index is -0.376. The van der Waals surface area contributed by atoms with E-state index < -0.39 is 0 Å². The molecule has 0 fully saturated rings. The standard InChI is InChI=1S/C22H26N4O3S/c1-13-19(21(27)24-17-11-10-16(28-4)12-18(17)29-5)20(25-22(30)23-13)14-6-8-15(9-7-14)26(2)3/h6-12,20H,1-5H3,(H,24,27)(H2,23,25,30)/t20-/m0/s1. The largest absolute Gasteiger partial charge is 0.497 e. The third kappa shape index (κ3) is 4.49. The number of amides is 1. The molecule has 2 aromatic carbocycles. The second-order valence-electron chi connectivity index (χ2n) is 7.08. The summed E-state index contributed by atoms with van der Waals surface area (Å²) in [7, 11) is 7.10. The lowest BCUT2D eigenvalue weighted by atomic mass is 9.94. The van der Waals surface area contributed by atoms with Crippen LogP contribution in [-0.4, -0.2) is 39.3 Å². The molecule has 7 nitrogen and oxygen atoms in total. The summed E-state index contributed by atoms with van der Waals surface area (Å²) < 4.78 is 10.6. The Hall–Kier alpha value is -3.26. The summed E-state index contributed by atoms with van der Waals surface area (Å²) in [6.07, 6.45) is 0. The van der Waals surface area contributed by atoms with Gasteiger partial charge in [0.2, 0.25) is 0 Å². The van der Waals surface area contributed by atoms with E-state index in [-0.39, 0.29) is 11.9 Å². The third-order valence-corrected chi connectivity index (χ3v) is 5.13. The summed E-state index contributed by atoms with van der Waals surface area (Å²) >= 11 is 5.33. The first-order valence-electron chi connectivity index (χ1n) is 9.43.